The molecule has 0 aromatic carbocycles. The van der Waals surface area contributed by atoms with Gasteiger partial charge < -0.3 is 5.11 Å². The van der Waals surface area contributed by atoms with Crippen molar-refractivity contribution in [2.45, 2.75) is 119 Å². The second-order valence-corrected chi connectivity index (χ2v) is 15.0. The van der Waals surface area contributed by atoms with Gasteiger partial charge in [0, 0.05) is 18.3 Å². The maximum Gasteiger partial charge on any atom is 0.178 e. The number of aliphatic hydroxyl groups is 1. The molecule has 0 saturated heterocycles. The zero-order valence-corrected chi connectivity index (χ0v) is 23.4. The van der Waals surface area contributed by atoms with Crippen LogP contribution in [0.1, 0.15) is 113 Å². The Morgan fingerprint density at radius 2 is 1.66 bits per heavy atom. The minimum absolute atomic E-state index is 0.0487. The Morgan fingerprint density at radius 3 is 2.26 bits per heavy atom. The van der Waals surface area contributed by atoms with Crippen molar-refractivity contribution in [3.05, 3.63) is 11.6 Å². The SMILES string of the molecule is CC1CC(C)(C)CC[C@]1(O)CC[C@]1(C)CC(=O)C[C@@H]2[C@@]3(C)C=C(C#N)C(=O)C(C)(C)[C@@H]3CC[C@]21C. The van der Waals surface area contributed by atoms with Crippen LogP contribution in [-0.4, -0.2) is 22.3 Å². The average Bonchev–Trinajstić information content (AvgIpc) is 2.74. The number of hydrogen-bond donors (Lipinski definition) is 1. The molecular weight excluding hydrogens is 434 g/mol. The van der Waals surface area contributed by atoms with Crippen molar-refractivity contribution in [3.63, 3.8) is 0 Å². The number of Topliss-reactive ketones (excluding diaryl/α,β-unsaturated/α-hetero) is 2. The number of nitrogens with zero attached hydrogens (tertiary/aromatic N) is 1. The summed E-state index contributed by atoms with van der Waals surface area (Å²) in [5.41, 5.74) is -1.40. The Labute approximate surface area is 212 Å². The van der Waals surface area contributed by atoms with Gasteiger partial charge in [-0.2, -0.15) is 5.26 Å². The number of carbonyl (C=O) groups excluding carboxylic acids is 2. The first-order valence-electron chi connectivity index (χ1n) is 13.9. The highest BCUT2D eigenvalue weighted by Crippen LogP contribution is 2.70. The lowest BCUT2D eigenvalue weighted by atomic mass is 9.37. The minimum atomic E-state index is -0.668. The zero-order valence-electron chi connectivity index (χ0n) is 23.4. The van der Waals surface area contributed by atoms with Crippen LogP contribution in [-0.2, 0) is 9.59 Å². The van der Waals surface area contributed by atoms with Gasteiger partial charge in [-0.05, 0) is 84.4 Å². The molecule has 0 heterocycles. The molecule has 194 valence electrons. The first-order chi connectivity index (χ1) is 15.9. The van der Waals surface area contributed by atoms with Gasteiger partial charge in [0.1, 0.15) is 11.9 Å². The minimum Gasteiger partial charge on any atom is -0.390 e. The fraction of sp³-hybridized carbons (Fsp3) is 0.839. The van der Waals surface area contributed by atoms with Gasteiger partial charge in [-0.15, -0.1) is 0 Å². The lowest BCUT2D eigenvalue weighted by Crippen LogP contribution is -2.62. The second kappa shape index (κ2) is 8.01. The summed E-state index contributed by atoms with van der Waals surface area (Å²) in [6.07, 6.45) is 9.41. The van der Waals surface area contributed by atoms with E-state index in [4.69, 9.17) is 0 Å². The van der Waals surface area contributed by atoms with Gasteiger partial charge in [-0.25, -0.2) is 0 Å². The van der Waals surface area contributed by atoms with E-state index in [1.165, 1.54) is 0 Å². The Hall–Kier alpha value is -1.47. The first kappa shape index (κ1) is 26.6. The molecule has 4 aliphatic carbocycles. The number of rotatable bonds is 3. The fourth-order valence-electron chi connectivity index (χ4n) is 9.43. The molecule has 0 spiro atoms. The van der Waals surface area contributed by atoms with Crippen molar-refractivity contribution in [2.24, 2.45) is 44.8 Å². The van der Waals surface area contributed by atoms with Gasteiger partial charge in [0.15, 0.2) is 5.78 Å². The van der Waals surface area contributed by atoms with E-state index in [-0.39, 0.29) is 50.8 Å². The van der Waals surface area contributed by atoms with Gasteiger partial charge in [0.05, 0.1) is 11.2 Å². The highest BCUT2D eigenvalue weighted by molar-refractivity contribution is 6.04. The van der Waals surface area contributed by atoms with Crippen LogP contribution >= 0.6 is 0 Å². The van der Waals surface area contributed by atoms with E-state index in [9.17, 15) is 20.0 Å². The maximum atomic E-state index is 13.3. The standard InChI is InChI=1S/C31H47NO3/c1-20-16-26(2,3)11-13-31(20,35)14-12-28(6)18-22(33)15-24-29(7)17-21(19-32)25(34)27(4,5)23(29)9-10-30(24,28)8/h17,20,23-24,35H,9-16,18H2,1-8H3/t20?,23-,24+,28+,29-,30+,31-/m0/s1. The molecule has 0 bridgehead atoms. The van der Waals surface area contributed by atoms with Crippen LogP contribution in [0, 0.1) is 56.2 Å². The molecule has 0 aromatic rings. The number of hydrogen-bond acceptors (Lipinski definition) is 4. The van der Waals surface area contributed by atoms with Crippen molar-refractivity contribution < 1.29 is 14.7 Å². The summed E-state index contributed by atoms with van der Waals surface area (Å²) in [5.74, 6) is 0.707. The van der Waals surface area contributed by atoms with E-state index >= 15 is 0 Å². The number of carbonyl (C=O) groups is 2. The molecule has 35 heavy (non-hydrogen) atoms. The average molecular weight is 482 g/mol. The van der Waals surface area contributed by atoms with Crippen molar-refractivity contribution in [2.75, 3.05) is 0 Å². The van der Waals surface area contributed by atoms with E-state index in [0.29, 0.717) is 18.6 Å². The van der Waals surface area contributed by atoms with Crippen LogP contribution in [0.3, 0.4) is 0 Å². The van der Waals surface area contributed by atoms with Crippen LogP contribution in [0.5, 0.6) is 0 Å². The number of allylic oxidation sites excluding steroid dienone is 2. The topological polar surface area (TPSA) is 78.2 Å². The zero-order chi connectivity index (χ0) is 26.2. The lowest BCUT2D eigenvalue weighted by Gasteiger charge is -2.66. The van der Waals surface area contributed by atoms with E-state index in [0.717, 1.165) is 44.9 Å². The van der Waals surface area contributed by atoms with Crippen molar-refractivity contribution in [1.29, 1.82) is 5.26 Å². The Bertz CT molecular complexity index is 1000. The summed E-state index contributed by atoms with van der Waals surface area (Å²) in [7, 11) is 0. The molecule has 4 rings (SSSR count). The fourth-order valence-corrected chi connectivity index (χ4v) is 9.43. The molecule has 7 atom stereocenters. The Kier molecular flexibility index (Phi) is 6.09. The Balaban J connectivity index is 1.69. The molecule has 0 radical (unpaired) electrons. The molecule has 1 N–H and O–H groups in total. The van der Waals surface area contributed by atoms with Crippen molar-refractivity contribution >= 4 is 11.6 Å². The summed E-state index contributed by atoms with van der Waals surface area (Å²) < 4.78 is 0. The number of nitriles is 1. The van der Waals surface area contributed by atoms with Crippen LogP contribution in [0.4, 0.5) is 0 Å². The Morgan fingerprint density at radius 1 is 1.00 bits per heavy atom. The van der Waals surface area contributed by atoms with Crippen LogP contribution < -0.4 is 0 Å². The van der Waals surface area contributed by atoms with E-state index < -0.39 is 11.0 Å². The molecular formula is C31H47NO3. The normalized spacial score (nSPS) is 46.7. The van der Waals surface area contributed by atoms with Gasteiger partial charge in [-0.1, -0.05) is 61.5 Å². The van der Waals surface area contributed by atoms with Gasteiger partial charge >= 0.3 is 0 Å². The smallest absolute Gasteiger partial charge is 0.178 e. The molecule has 4 nitrogen and oxygen atoms in total. The number of ketones is 2. The molecule has 3 saturated carbocycles. The molecule has 4 aliphatic rings. The summed E-state index contributed by atoms with van der Waals surface area (Å²) in [6, 6.07) is 2.19. The summed E-state index contributed by atoms with van der Waals surface area (Å²) in [4.78, 5) is 26.4. The van der Waals surface area contributed by atoms with Gasteiger partial charge in [0.25, 0.3) is 0 Å². The number of fused-ring (bicyclic) bond motifs is 3. The first-order valence-corrected chi connectivity index (χ1v) is 13.9. The predicted octanol–water partition coefficient (Wildman–Crippen LogP) is 6.81. The quantitative estimate of drug-likeness (QED) is 0.480. The largest absolute Gasteiger partial charge is 0.390 e. The molecule has 4 heteroatoms. The second-order valence-electron chi connectivity index (χ2n) is 15.0. The third-order valence-electron chi connectivity index (χ3n) is 12.0. The highest BCUT2D eigenvalue weighted by atomic mass is 16.3. The predicted molar refractivity (Wildman–Crippen MR) is 138 cm³/mol. The monoisotopic (exact) mass is 481 g/mol. The molecule has 0 aliphatic heterocycles. The molecule has 3 fully saturated rings. The van der Waals surface area contributed by atoms with Crippen molar-refractivity contribution in [3.8, 4) is 6.07 Å². The molecule has 1 unspecified atom stereocenters. The maximum absolute atomic E-state index is 13.3. The highest BCUT2D eigenvalue weighted by Gasteiger charge is 2.66. The third-order valence-corrected chi connectivity index (χ3v) is 12.0. The van der Waals surface area contributed by atoms with E-state index in [2.05, 4.69) is 47.6 Å². The summed E-state index contributed by atoms with van der Waals surface area (Å²) in [5, 5.41) is 21.5. The van der Waals surface area contributed by atoms with Gasteiger partial charge in [-0.3, -0.25) is 9.59 Å². The summed E-state index contributed by atoms with van der Waals surface area (Å²) >= 11 is 0. The van der Waals surface area contributed by atoms with Crippen molar-refractivity contribution in [1.82, 2.24) is 0 Å². The summed E-state index contributed by atoms with van der Waals surface area (Å²) in [6.45, 7) is 17.7. The van der Waals surface area contributed by atoms with E-state index in [1.54, 1.807) is 0 Å². The van der Waals surface area contributed by atoms with Crippen LogP contribution in [0.25, 0.3) is 0 Å². The molecule has 0 aromatic heterocycles. The van der Waals surface area contributed by atoms with Crippen LogP contribution in [0.2, 0.25) is 0 Å². The lowest BCUT2D eigenvalue weighted by molar-refractivity contribution is -0.178. The van der Waals surface area contributed by atoms with Crippen LogP contribution in [0.15, 0.2) is 11.6 Å². The molecule has 0 amide bonds. The third kappa shape index (κ3) is 3.87. The van der Waals surface area contributed by atoms with Gasteiger partial charge in [0.2, 0.25) is 0 Å². The van der Waals surface area contributed by atoms with E-state index in [1.807, 2.05) is 19.9 Å².